The molecule has 1 aromatic heterocycles. The largest absolute Gasteiger partial charge is 0.264 e. The van der Waals surface area contributed by atoms with E-state index in [1.165, 1.54) is 6.07 Å². The molecule has 2 aromatic rings. The first-order valence-corrected chi connectivity index (χ1v) is 5.10. The highest BCUT2D eigenvalue weighted by atomic mass is 35.5. The Balaban J connectivity index is 2.59. The number of rotatable bonds is 2. The van der Waals surface area contributed by atoms with Gasteiger partial charge in [-0.3, -0.25) is 4.98 Å². The number of hydrogen-bond acceptors (Lipinski definition) is 1. The Kier molecular flexibility index (Phi) is 2.97. The first-order chi connectivity index (χ1) is 7.33. The summed E-state index contributed by atoms with van der Waals surface area (Å²) in [7, 11) is 0. The van der Waals surface area contributed by atoms with Crippen LogP contribution in [0.15, 0.2) is 42.7 Å². The summed E-state index contributed by atoms with van der Waals surface area (Å²) in [5, 5.41) is 0. The van der Waals surface area contributed by atoms with E-state index in [1.54, 1.807) is 36.7 Å². The highest BCUT2D eigenvalue weighted by molar-refractivity contribution is 6.17. The molecule has 0 amide bonds. The van der Waals surface area contributed by atoms with E-state index in [0.29, 0.717) is 11.4 Å². The van der Waals surface area contributed by atoms with Gasteiger partial charge in [-0.15, -0.1) is 11.6 Å². The standard InChI is InChI=1S/C12H9ClFN/c13-7-9-8-15-6-5-10(9)11-3-1-2-4-12(11)14/h1-6,8H,7H2. The normalized spacial score (nSPS) is 10.3. The Bertz CT molecular complexity index is 471. The second-order valence-corrected chi connectivity index (χ2v) is 3.41. The Morgan fingerprint density at radius 2 is 1.93 bits per heavy atom. The first-order valence-electron chi connectivity index (χ1n) is 4.56. The van der Waals surface area contributed by atoms with Crippen LogP contribution in [0.4, 0.5) is 4.39 Å². The Morgan fingerprint density at radius 1 is 1.13 bits per heavy atom. The number of alkyl halides is 1. The summed E-state index contributed by atoms with van der Waals surface area (Å²) in [6.07, 6.45) is 3.30. The molecule has 76 valence electrons. The molecule has 2 rings (SSSR count). The van der Waals surface area contributed by atoms with Gasteiger partial charge in [0.15, 0.2) is 0 Å². The number of benzene rings is 1. The molecule has 0 aliphatic carbocycles. The van der Waals surface area contributed by atoms with Crippen LogP contribution in [0.25, 0.3) is 11.1 Å². The average molecular weight is 222 g/mol. The SMILES string of the molecule is Fc1ccccc1-c1ccncc1CCl. The zero-order chi connectivity index (χ0) is 10.7. The van der Waals surface area contributed by atoms with Crippen molar-refractivity contribution in [2.75, 3.05) is 0 Å². The summed E-state index contributed by atoms with van der Waals surface area (Å²) in [5.41, 5.74) is 2.21. The zero-order valence-corrected chi connectivity index (χ0v) is 8.71. The summed E-state index contributed by atoms with van der Waals surface area (Å²) in [6.45, 7) is 0. The van der Waals surface area contributed by atoms with Gasteiger partial charge >= 0.3 is 0 Å². The van der Waals surface area contributed by atoms with Gasteiger partial charge in [-0.2, -0.15) is 0 Å². The molecule has 0 aliphatic rings. The van der Waals surface area contributed by atoms with Crippen molar-refractivity contribution >= 4 is 11.6 Å². The van der Waals surface area contributed by atoms with Gasteiger partial charge in [-0.25, -0.2) is 4.39 Å². The van der Waals surface area contributed by atoms with E-state index in [9.17, 15) is 4.39 Å². The average Bonchev–Trinajstić information content (AvgIpc) is 2.30. The highest BCUT2D eigenvalue weighted by Crippen LogP contribution is 2.26. The number of nitrogens with zero attached hydrogens (tertiary/aromatic N) is 1. The smallest absolute Gasteiger partial charge is 0.131 e. The third-order valence-electron chi connectivity index (χ3n) is 2.21. The van der Waals surface area contributed by atoms with Crippen LogP contribution >= 0.6 is 11.6 Å². The van der Waals surface area contributed by atoms with Crippen molar-refractivity contribution < 1.29 is 4.39 Å². The van der Waals surface area contributed by atoms with E-state index in [4.69, 9.17) is 11.6 Å². The maximum Gasteiger partial charge on any atom is 0.131 e. The van der Waals surface area contributed by atoms with Crippen molar-refractivity contribution in [2.24, 2.45) is 0 Å². The quantitative estimate of drug-likeness (QED) is 0.706. The van der Waals surface area contributed by atoms with Crippen LogP contribution in [0.5, 0.6) is 0 Å². The fourth-order valence-electron chi connectivity index (χ4n) is 1.48. The molecule has 1 aromatic carbocycles. The van der Waals surface area contributed by atoms with E-state index >= 15 is 0 Å². The summed E-state index contributed by atoms with van der Waals surface area (Å²) in [4.78, 5) is 3.96. The monoisotopic (exact) mass is 221 g/mol. The van der Waals surface area contributed by atoms with E-state index in [0.717, 1.165) is 11.1 Å². The van der Waals surface area contributed by atoms with Crippen LogP contribution in [0.2, 0.25) is 0 Å². The lowest BCUT2D eigenvalue weighted by atomic mass is 10.0. The molecule has 0 saturated heterocycles. The van der Waals surface area contributed by atoms with Gasteiger partial charge in [-0.05, 0) is 23.3 Å². The molecule has 0 bridgehead atoms. The molecule has 0 atom stereocenters. The van der Waals surface area contributed by atoms with Gasteiger partial charge in [0.1, 0.15) is 5.82 Å². The maximum atomic E-state index is 13.5. The van der Waals surface area contributed by atoms with E-state index in [-0.39, 0.29) is 5.82 Å². The summed E-state index contributed by atoms with van der Waals surface area (Å²) < 4.78 is 13.5. The molecule has 0 saturated carbocycles. The fraction of sp³-hybridized carbons (Fsp3) is 0.0833. The molecule has 0 unspecified atom stereocenters. The molecule has 0 fully saturated rings. The van der Waals surface area contributed by atoms with Gasteiger partial charge in [0, 0.05) is 23.8 Å². The molecular weight excluding hydrogens is 213 g/mol. The van der Waals surface area contributed by atoms with Crippen LogP contribution < -0.4 is 0 Å². The Labute approximate surface area is 92.5 Å². The Hall–Kier alpha value is -1.41. The topological polar surface area (TPSA) is 12.9 Å². The molecule has 0 N–H and O–H groups in total. The van der Waals surface area contributed by atoms with Crippen molar-refractivity contribution in [3.63, 3.8) is 0 Å². The second kappa shape index (κ2) is 4.41. The molecule has 0 radical (unpaired) electrons. The van der Waals surface area contributed by atoms with Gasteiger partial charge in [-0.1, -0.05) is 18.2 Å². The molecular formula is C12H9ClFN. The van der Waals surface area contributed by atoms with Crippen LogP contribution in [-0.2, 0) is 5.88 Å². The third-order valence-corrected chi connectivity index (χ3v) is 2.50. The first kappa shape index (κ1) is 10.1. The molecule has 1 heterocycles. The minimum atomic E-state index is -0.241. The second-order valence-electron chi connectivity index (χ2n) is 3.15. The van der Waals surface area contributed by atoms with Crippen molar-refractivity contribution in [3.8, 4) is 11.1 Å². The van der Waals surface area contributed by atoms with Gasteiger partial charge < -0.3 is 0 Å². The van der Waals surface area contributed by atoms with Crippen LogP contribution in [-0.4, -0.2) is 4.98 Å². The number of halogens is 2. The molecule has 15 heavy (non-hydrogen) atoms. The summed E-state index contributed by atoms with van der Waals surface area (Å²) >= 11 is 5.77. The maximum absolute atomic E-state index is 13.5. The van der Waals surface area contributed by atoms with Gasteiger partial charge in [0.2, 0.25) is 0 Å². The Morgan fingerprint density at radius 3 is 2.67 bits per heavy atom. The van der Waals surface area contributed by atoms with Crippen LogP contribution in [0, 0.1) is 5.82 Å². The van der Waals surface area contributed by atoms with Crippen LogP contribution in [0.3, 0.4) is 0 Å². The van der Waals surface area contributed by atoms with E-state index in [2.05, 4.69) is 4.98 Å². The lowest BCUT2D eigenvalue weighted by molar-refractivity contribution is 0.631. The molecule has 1 nitrogen and oxygen atoms in total. The van der Waals surface area contributed by atoms with Crippen molar-refractivity contribution in [1.29, 1.82) is 0 Å². The van der Waals surface area contributed by atoms with Gasteiger partial charge in [0.05, 0.1) is 0 Å². The molecule has 3 heteroatoms. The lowest BCUT2D eigenvalue weighted by Gasteiger charge is -2.06. The number of hydrogen-bond donors (Lipinski definition) is 0. The number of aromatic nitrogens is 1. The van der Waals surface area contributed by atoms with Gasteiger partial charge in [0.25, 0.3) is 0 Å². The molecule has 0 spiro atoms. The zero-order valence-electron chi connectivity index (χ0n) is 7.95. The predicted molar refractivity (Wildman–Crippen MR) is 59.2 cm³/mol. The predicted octanol–water partition coefficient (Wildman–Crippen LogP) is 3.63. The summed E-state index contributed by atoms with van der Waals surface area (Å²) in [5.74, 6) is 0.0902. The van der Waals surface area contributed by atoms with E-state index in [1.807, 2.05) is 0 Å². The number of pyridine rings is 1. The minimum Gasteiger partial charge on any atom is -0.264 e. The summed E-state index contributed by atoms with van der Waals surface area (Å²) in [6, 6.07) is 8.42. The van der Waals surface area contributed by atoms with Crippen molar-refractivity contribution in [3.05, 3.63) is 54.1 Å². The van der Waals surface area contributed by atoms with Crippen molar-refractivity contribution in [2.45, 2.75) is 5.88 Å². The fourth-order valence-corrected chi connectivity index (χ4v) is 1.69. The van der Waals surface area contributed by atoms with Crippen molar-refractivity contribution in [1.82, 2.24) is 4.98 Å². The minimum absolute atomic E-state index is 0.241. The molecule has 0 aliphatic heterocycles. The van der Waals surface area contributed by atoms with Crippen LogP contribution in [0.1, 0.15) is 5.56 Å². The lowest BCUT2D eigenvalue weighted by Crippen LogP contribution is -1.90. The highest BCUT2D eigenvalue weighted by Gasteiger charge is 2.07. The third kappa shape index (κ3) is 2.00. The van der Waals surface area contributed by atoms with E-state index < -0.39 is 0 Å².